The Balaban J connectivity index is 0.00000162. The van der Waals surface area contributed by atoms with E-state index in [1.807, 2.05) is 17.2 Å². The monoisotopic (exact) mass is 308 g/mol. The Hall–Kier alpha value is -0.290. The van der Waals surface area contributed by atoms with Gasteiger partial charge in [-0.25, -0.2) is 0 Å². The molecule has 6 heteroatoms. The van der Waals surface area contributed by atoms with Crippen molar-refractivity contribution in [2.45, 2.75) is 19.8 Å². The number of carbonyl (C=O) groups excluding carboxylic acids is 1. The Morgan fingerprint density at radius 1 is 1.56 bits per heavy atom. The minimum Gasteiger partial charge on any atom is -0.338 e. The lowest BCUT2D eigenvalue weighted by molar-refractivity contribution is 0.0698. The van der Waals surface area contributed by atoms with Crippen molar-refractivity contribution in [3.63, 3.8) is 0 Å². The standard InChI is InChI=1S/C12H17ClN2OS.ClH/c1-8-7-17-11(10(8)13)12(16)15-4-2-9(6-14)3-5-15;/h7,9H,2-6,14H2,1H3;1H. The first-order chi connectivity index (χ1) is 8.13. The maximum atomic E-state index is 12.2. The maximum absolute atomic E-state index is 12.2. The molecule has 0 bridgehead atoms. The van der Waals surface area contributed by atoms with E-state index in [9.17, 15) is 4.79 Å². The van der Waals surface area contributed by atoms with Gasteiger partial charge in [-0.05, 0) is 43.2 Å². The van der Waals surface area contributed by atoms with E-state index in [2.05, 4.69) is 0 Å². The summed E-state index contributed by atoms with van der Waals surface area (Å²) in [5.74, 6) is 0.642. The molecule has 18 heavy (non-hydrogen) atoms. The zero-order valence-corrected chi connectivity index (χ0v) is 12.7. The Kier molecular flexibility index (Phi) is 5.92. The van der Waals surface area contributed by atoms with Gasteiger partial charge in [0.05, 0.1) is 5.02 Å². The number of aryl methyl sites for hydroxylation is 1. The van der Waals surface area contributed by atoms with Crippen molar-refractivity contribution >= 4 is 41.3 Å². The topological polar surface area (TPSA) is 46.3 Å². The first-order valence-corrected chi connectivity index (χ1v) is 7.12. The molecule has 0 spiro atoms. The van der Waals surface area contributed by atoms with Crippen LogP contribution in [0.25, 0.3) is 0 Å². The van der Waals surface area contributed by atoms with Crippen molar-refractivity contribution < 1.29 is 4.79 Å². The smallest absolute Gasteiger partial charge is 0.265 e. The van der Waals surface area contributed by atoms with Crippen LogP contribution in [0.15, 0.2) is 5.38 Å². The number of rotatable bonds is 2. The van der Waals surface area contributed by atoms with Gasteiger partial charge in [-0.15, -0.1) is 23.7 Å². The van der Waals surface area contributed by atoms with Crippen LogP contribution in [0.5, 0.6) is 0 Å². The summed E-state index contributed by atoms with van der Waals surface area (Å²) in [5, 5.41) is 2.54. The van der Waals surface area contributed by atoms with E-state index in [-0.39, 0.29) is 18.3 Å². The second-order valence-corrected chi connectivity index (χ2v) is 5.79. The molecule has 1 amide bonds. The summed E-state index contributed by atoms with van der Waals surface area (Å²) in [6.07, 6.45) is 2.01. The predicted molar refractivity (Wildman–Crippen MR) is 79.0 cm³/mol. The van der Waals surface area contributed by atoms with Gasteiger partial charge in [0.2, 0.25) is 0 Å². The third-order valence-corrected chi connectivity index (χ3v) is 5.01. The summed E-state index contributed by atoms with van der Waals surface area (Å²) in [6.45, 7) is 4.25. The number of piperidine rings is 1. The van der Waals surface area contributed by atoms with Gasteiger partial charge in [-0.2, -0.15) is 0 Å². The molecular weight excluding hydrogens is 291 g/mol. The van der Waals surface area contributed by atoms with E-state index in [1.165, 1.54) is 11.3 Å². The third kappa shape index (κ3) is 3.18. The Morgan fingerprint density at radius 3 is 2.61 bits per heavy atom. The molecule has 0 saturated carbocycles. The molecule has 1 saturated heterocycles. The third-order valence-electron chi connectivity index (χ3n) is 3.33. The quantitative estimate of drug-likeness (QED) is 0.913. The first-order valence-electron chi connectivity index (χ1n) is 5.86. The summed E-state index contributed by atoms with van der Waals surface area (Å²) in [4.78, 5) is 14.8. The highest BCUT2D eigenvalue weighted by Gasteiger charge is 2.25. The van der Waals surface area contributed by atoms with Crippen LogP contribution in [0.3, 0.4) is 0 Å². The van der Waals surface area contributed by atoms with Crippen LogP contribution >= 0.6 is 35.3 Å². The van der Waals surface area contributed by atoms with Gasteiger partial charge in [0.15, 0.2) is 0 Å². The lowest BCUT2D eigenvalue weighted by atomic mass is 9.97. The molecule has 2 N–H and O–H groups in total. The van der Waals surface area contributed by atoms with Gasteiger partial charge in [0, 0.05) is 13.1 Å². The summed E-state index contributed by atoms with van der Waals surface area (Å²) >= 11 is 7.56. The van der Waals surface area contributed by atoms with Gasteiger partial charge in [0.25, 0.3) is 5.91 Å². The number of hydrogen-bond donors (Lipinski definition) is 1. The fourth-order valence-corrected chi connectivity index (χ4v) is 3.33. The van der Waals surface area contributed by atoms with E-state index in [0.717, 1.165) is 38.0 Å². The van der Waals surface area contributed by atoms with E-state index >= 15 is 0 Å². The fraction of sp³-hybridized carbons (Fsp3) is 0.583. The molecule has 2 rings (SSSR count). The molecule has 0 aliphatic carbocycles. The number of halogens is 2. The maximum Gasteiger partial charge on any atom is 0.265 e. The van der Waals surface area contributed by atoms with E-state index in [1.54, 1.807) is 0 Å². The number of amides is 1. The minimum absolute atomic E-state index is 0. The summed E-state index contributed by atoms with van der Waals surface area (Å²) in [6, 6.07) is 0. The molecule has 0 aromatic carbocycles. The molecule has 102 valence electrons. The van der Waals surface area contributed by atoms with Crippen molar-refractivity contribution in [2.24, 2.45) is 11.7 Å². The number of likely N-dealkylation sites (tertiary alicyclic amines) is 1. The Bertz CT molecular complexity index is 414. The lowest BCUT2D eigenvalue weighted by Crippen LogP contribution is -2.39. The summed E-state index contributed by atoms with van der Waals surface area (Å²) in [5.41, 5.74) is 6.62. The zero-order valence-electron chi connectivity index (χ0n) is 10.3. The molecule has 0 atom stereocenters. The average molecular weight is 309 g/mol. The predicted octanol–water partition coefficient (Wildman–Crippen LogP) is 2.94. The first kappa shape index (κ1) is 15.8. The van der Waals surface area contributed by atoms with Crippen molar-refractivity contribution in [3.8, 4) is 0 Å². The zero-order chi connectivity index (χ0) is 12.4. The van der Waals surface area contributed by atoms with Crippen LogP contribution in [0.2, 0.25) is 5.02 Å². The highest BCUT2D eigenvalue weighted by molar-refractivity contribution is 7.13. The normalized spacial score (nSPS) is 16.5. The number of nitrogens with two attached hydrogens (primary N) is 1. The van der Waals surface area contributed by atoms with Crippen LogP contribution in [-0.2, 0) is 0 Å². The van der Waals surface area contributed by atoms with Crippen LogP contribution in [0, 0.1) is 12.8 Å². The van der Waals surface area contributed by atoms with Crippen LogP contribution in [0.4, 0.5) is 0 Å². The molecular formula is C12H18Cl2N2OS. The summed E-state index contributed by atoms with van der Waals surface area (Å²) < 4.78 is 0. The minimum atomic E-state index is 0. The second-order valence-electron chi connectivity index (χ2n) is 4.53. The highest BCUT2D eigenvalue weighted by Crippen LogP contribution is 2.29. The molecule has 1 fully saturated rings. The Morgan fingerprint density at radius 2 is 2.17 bits per heavy atom. The van der Waals surface area contributed by atoms with Gasteiger partial charge in [0.1, 0.15) is 4.88 Å². The van der Waals surface area contributed by atoms with Crippen molar-refractivity contribution in [1.82, 2.24) is 4.90 Å². The van der Waals surface area contributed by atoms with Gasteiger partial charge in [-0.3, -0.25) is 4.79 Å². The molecule has 1 aromatic rings. The van der Waals surface area contributed by atoms with Gasteiger partial charge >= 0.3 is 0 Å². The molecule has 1 aliphatic heterocycles. The van der Waals surface area contributed by atoms with Crippen molar-refractivity contribution in [3.05, 3.63) is 20.8 Å². The van der Waals surface area contributed by atoms with E-state index < -0.39 is 0 Å². The largest absolute Gasteiger partial charge is 0.338 e. The molecule has 1 aliphatic rings. The number of carbonyl (C=O) groups is 1. The average Bonchev–Trinajstić information content (AvgIpc) is 2.69. The van der Waals surface area contributed by atoms with Gasteiger partial charge in [-0.1, -0.05) is 11.6 Å². The van der Waals surface area contributed by atoms with Crippen LogP contribution in [-0.4, -0.2) is 30.4 Å². The Labute approximate surface area is 123 Å². The number of nitrogens with zero attached hydrogens (tertiary/aromatic N) is 1. The van der Waals surface area contributed by atoms with Crippen molar-refractivity contribution in [1.29, 1.82) is 0 Å². The fourth-order valence-electron chi connectivity index (χ4n) is 2.09. The van der Waals surface area contributed by atoms with E-state index in [4.69, 9.17) is 17.3 Å². The molecule has 1 aromatic heterocycles. The lowest BCUT2D eigenvalue weighted by Gasteiger charge is -2.31. The second kappa shape index (κ2) is 6.75. The molecule has 0 unspecified atom stereocenters. The van der Waals surface area contributed by atoms with Crippen molar-refractivity contribution in [2.75, 3.05) is 19.6 Å². The SMILES string of the molecule is Cc1csc(C(=O)N2CCC(CN)CC2)c1Cl.Cl. The number of hydrogen-bond acceptors (Lipinski definition) is 3. The highest BCUT2D eigenvalue weighted by atomic mass is 35.5. The number of thiophene rings is 1. The molecule has 2 heterocycles. The molecule has 3 nitrogen and oxygen atoms in total. The van der Waals surface area contributed by atoms with E-state index in [0.29, 0.717) is 15.8 Å². The molecule has 0 radical (unpaired) electrons. The van der Waals surface area contributed by atoms with Gasteiger partial charge < -0.3 is 10.6 Å². The van der Waals surface area contributed by atoms with Crippen LogP contribution in [0.1, 0.15) is 28.1 Å². The van der Waals surface area contributed by atoms with Crippen LogP contribution < -0.4 is 5.73 Å². The summed E-state index contributed by atoms with van der Waals surface area (Å²) in [7, 11) is 0.